The molecule has 1 saturated carbocycles. The molecular weight excluding hydrogens is 450 g/mol. The van der Waals surface area contributed by atoms with Crippen LogP contribution in [0.25, 0.3) is 0 Å². The Labute approximate surface area is 192 Å². The Morgan fingerprint density at radius 2 is 2.15 bits per heavy atom. The average molecular weight is 478 g/mol. The van der Waals surface area contributed by atoms with Gasteiger partial charge in [-0.05, 0) is 45.1 Å². The van der Waals surface area contributed by atoms with Gasteiger partial charge in [-0.2, -0.15) is 13.5 Å². The van der Waals surface area contributed by atoms with E-state index in [2.05, 4.69) is 31.1 Å². The summed E-state index contributed by atoms with van der Waals surface area (Å²) in [6.07, 6.45) is 5.00. The van der Waals surface area contributed by atoms with Crippen LogP contribution < -0.4 is 5.14 Å². The van der Waals surface area contributed by atoms with Gasteiger partial charge in [0.05, 0.1) is 24.0 Å². The Morgan fingerprint density at radius 3 is 2.85 bits per heavy atom. The predicted octanol–water partition coefficient (Wildman–Crippen LogP) is -0.172. The number of nitrogens with two attached hydrogens (primary N) is 1. The van der Waals surface area contributed by atoms with Crippen LogP contribution in [0.3, 0.4) is 0 Å². The minimum absolute atomic E-state index is 0.0230. The molecule has 0 amide bonds. The summed E-state index contributed by atoms with van der Waals surface area (Å²) in [5.74, 6) is 4.75. The van der Waals surface area contributed by atoms with Crippen LogP contribution in [0, 0.1) is 23.7 Å². The molecule has 1 fully saturated rings. The topological polar surface area (TPSA) is 171 Å². The summed E-state index contributed by atoms with van der Waals surface area (Å²) in [6, 6.07) is 1.57. The minimum Gasteiger partial charge on any atom is -0.393 e. The van der Waals surface area contributed by atoms with E-state index in [0.717, 1.165) is 0 Å². The number of carbonyl (C=O) groups is 1. The first-order valence-electron chi connectivity index (χ1n) is 10.4. The molecule has 3 rings (SSSR count). The second-order valence-corrected chi connectivity index (χ2v) is 9.84. The van der Waals surface area contributed by atoms with Gasteiger partial charge in [-0.1, -0.05) is 11.8 Å². The van der Waals surface area contributed by atoms with Gasteiger partial charge in [0.1, 0.15) is 24.2 Å². The first-order chi connectivity index (χ1) is 15.4. The van der Waals surface area contributed by atoms with Gasteiger partial charge in [-0.3, -0.25) is 13.7 Å². The maximum Gasteiger partial charge on any atom is 0.333 e. The molecule has 11 nitrogen and oxygen atoms in total. The number of aliphatic hydroxyl groups is 2. The minimum atomic E-state index is -4.08. The normalized spacial score (nSPS) is 20.9. The maximum absolute atomic E-state index is 13.0. The lowest BCUT2D eigenvalue weighted by atomic mass is 9.96. The zero-order valence-electron chi connectivity index (χ0n) is 18.4. The number of ketones is 1. The molecule has 2 heterocycles. The molecule has 0 spiro atoms. The molecule has 0 aliphatic heterocycles. The summed E-state index contributed by atoms with van der Waals surface area (Å²) >= 11 is 0. The van der Waals surface area contributed by atoms with E-state index in [-0.39, 0.29) is 36.5 Å². The van der Waals surface area contributed by atoms with Crippen molar-refractivity contribution in [3.63, 3.8) is 0 Å². The van der Waals surface area contributed by atoms with E-state index >= 15 is 0 Å². The molecule has 12 heteroatoms. The quantitative estimate of drug-likeness (QED) is 0.345. The van der Waals surface area contributed by atoms with Crippen molar-refractivity contribution in [2.75, 3.05) is 6.61 Å². The molecule has 2 aromatic rings. The third kappa shape index (κ3) is 7.41. The number of aliphatic hydroxyl groups excluding tert-OH is 1. The summed E-state index contributed by atoms with van der Waals surface area (Å²) in [6.45, 7) is 3.18. The summed E-state index contributed by atoms with van der Waals surface area (Å²) in [5, 5.41) is 29.0. The van der Waals surface area contributed by atoms with Crippen LogP contribution in [-0.2, 0) is 27.5 Å². The van der Waals surface area contributed by atoms with Crippen molar-refractivity contribution in [2.24, 2.45) is 17.0 Å². The number of hydrogen-bond acceptors (Lipinski definition) is 9. The summed E-state index contributed by atoms with van der Waals surface area (Å²) in [4.78, 5) is 21.3. The Balaban J connectivity index is 1.68. The summed E-state index contributed by atoms with van der Waals surface area (Å²) in [5.41, 5.74) is -0.0674. The average Bonchev–Trinajstić information content (AvgIpc) is 3.31. The van der Waals surface area contributed by atoms with Gasteiger partial charge in [0.15, 0.2) is 0 Å². The van der Waals surface area contributed by atoms with Crippen LogP contribution >= 0.6 is 0 Å². The van der Waals surface area contributed by atoms with Crippen LogP contribution in [0.5, 0.6) is 0 Å². The van der Waals surface area contributed by atoms with Gasteiger partial charge < -0.3 is 10.2 Å². The fourth-order valence-corrected chi connectivity index (χ4v) is 4.13. The van der Waals surface area contributed by atoms with Crippen molar-refractivity contribution in [3.8, 4) is 11.8 Å². The molecule has 33 heavy (non-hydrogen) atoms. The van der Waals surface area contributed by atoms with E-state index in [1.807, 2.05) is 0 Å². The van der Waals surface area contributed by atoms with E-state index in [1.165, 1.54) is 17.2 Å². The first-order valence-corrected chi connectivity index (χ1v) is 11.8. The Hall–Kier alpha value is -2.69. The largest absolute Gasteiger partial charge is 0.393 e. The lowest BCUT2D eigenvalue weighted by Crippen LogP contribution is -2.24. The fourth-order valence-electron chi connectivity index (χ4n) is 3.77. The zero-order valence-corrected chi connectivity index (χ0v) is 19.2. The van der Waals surface area contributed by atoms with Crippen LogP contribution in [0.1, 0.15) is 48.4 Å². The van der Waals surface area contributed by atoms with Crippen molar-refractivity contribution >= 4 is 16.1 Å². The molecule has 2 aromatic heterocycles. The van der Waals surface area contributed by atoms with E-state index in [0.29, 0.717) is 30.5 Å². The van der Waals surface area contributed by atoms with Gasteiger partial charge in [-0.25, -0.2) is 15.1 Å². The highest BCUT2D eigenvalue weighted by molar-refractivity contribution is 7.84. The molecule has 4 N–H and O–H groups in total. The lowest BCUT2D eigenvalue weighted by molar-refractivity contribution is 0.100. The molecule has 0 bridgehead atoms. The number of rotatable bonds is 8. The highest BCUT2D eigenvalue weighted by Gasteiger charge is 2.35. The van der Waals surface area contributed by atoms with E-state index in [1.54, 1.807) is 26.1 Å². The second kappa shape index (κ2) is 10.1. The number of hydrogen-bond donors (Lipinski definition) is 3. The van der Waals surface area contributed by atoms with E-state index in [4.69, 9.17) is 5.14 Å². The first kappa shape index (κ1) is 24.9. The number of carbonyl (C=O) groups excluding carboxylic acids is 1. The van der Waals surface area contributed by atoms with Gasteiger partial charge >= 0.3 is 10.3 Å². The van der Waals surface area contributed by atoms with Crippen LogP contribution in [0.15, 0.2) is 24.8 Å². The Morgan fingerprint density at radius 1 is 1.39 bits per heavy atom. The number of nitrogens with zero attached hydrogens (tertiary/aromatic N) is 4. The highest BCUT2D eigenvalue weighted by Crippen LogP contribution is 2.34. The molecule has 0 unspecified atom stereocenters. The molecule has 3 atom stereocenters. The van der Waals surface area contributed by atoms with E-state index in [9.17, 15) is 23.4 Å². The van der Waals surface area contributed by atoms with Crippen molar-refractivity contribution in [2.45, 2.75) is 51.4 Å². The third-order valence-corrected chi connectivity index (χ3v) is 5.70. The zero-order chi connectivity index (χ0) is 24.2. The van der Waals surface area contributed by atoms with Crippen molar-refractivity contribution in [3.05, 3.63) is 41.7 Å². The molecule has 0 aromatic carbocycles. The Kier molecular flexibility index (Phi) is 7.61. The van der Waals surface area contributed by atoms with Crippen molar-refractivity contribution < 1.29 is 27.6 Å². The summed E-state index contributed by atoms with van der Waals surface area (Å²) in [7, 11) is -4.08. The molecule has 0 radical (unpaired) electrons. The van der Waals surface area contributed by atoms with Crippen LogP contribution in [-0.4, -0.2) is 62.5 Å². The monoisotopic (exact) mass is 477 g/mol. The van der Waals surface area contributed by atoms with E-state index < -0.39 is 22.0 Å². The molecule has 1 aliphatic carbocycles. The fraction of sp³-hybridized carbons (Fsp3) is 0.524. The summed E-state index contributed by atoms with van der Waals surface area (Å²) < 4.78 is 28.2. The van der Waals surface area contributed by atoms with Crippen LogP contribution in [0.4, 0.5) is 0 Å². The predicted molar refractivity (Wildman–Crippen MR) is 117 cm³/mol. The lowest BCUT2D eigenvalue weighted by Gasteiger charge is -2.13. The van der Waals surface area contributed by atoms with Gasteiger partial charge in [0, 0.05) is 18.3 Å². The van der Waals surface area contributed by atoms with Gasteiger partial charge in [-0.15, -0.1) is 0 Å². The standard InChI is InChI=1S/C21H27N5O6S/c1-21(2,29)5-3-6-26-7-4-17(25-26)20(28)16-11-23-13-24-18(16)9-14-8-15(19(27)10-14)12-32-33(22,30)31/h4,7,11,13-15,19,27,29H,6,8-10,12H2,1-2H3,(H2,22,30,31)/t14-,15+,19-/m0/s1. The molecular formula is C21H27N5O6S. The molecule has 0 saturated heterocycles. The van der Waals surface area contributed by atoms with Gasteiger partial charge in [0.25, 0.3) is 0 Å². The van der Waals surface area contributed by atoms with Crippen molar-refractivity contribution in [1.29, 1.82) is 0 Å². The number of aromatic nitrogens is 4. The van der Waals surface area contributed by atoms with Crippen molar-refractivity contribution in [1.82, 2.24) is 19.7 Å². The smallest absolute Gasteiger partial charge is 0.333 e. The second-order valence-electron chi connectivity index (χ2n) is 8.62. The molecule has 1 aliphatic rings. The molecule has 178 valence electrons. The Bertz CT molecular complexity index is 1160. The SMILES string of the molecule is CC(C)(O)C#CCn1ccc(C(=O)c2cncnc2C[C@@H]2C[C@H](COS(N)(=O)=O)[C@@H](O)C2)n1. The third-order valence-electron chi connectivity index (χ3n) is 5.23. The highest BCUT2D eigenvalue weighted by atomic mass is 32.2. The van der Waals surface area contributed by atoms with Crippen LogP contribution in [0.2, 0.25) is 0 Å². The van der Waals surface area contributed by atoms with Gasteiger partial charge in [0.2, 0.25) is 5.78 Å². The maximum atomic E-state index is 13.0.